The molecule has 2 aromatic carbocycles. The lowest BCUT2D eigenvalue weighted by atomic mass is 10.0. The zero-order valence-corrected chi connectivity index (χ0v) is 15.4. The van der Waals surface area contributed by atoms with Crippen LogP contribution in [0.2, 0.25) is 0 Å². The van der Waals surface area contributed by atoms with Gasteiger partial charge in [-0.3, -0.25) is 13.9 Å². The molecule has 0 fully saturated rings. The Hall–Kier alpha value is -2.87. The number of carbonyl (C=O) groups excluding carboxylic acids is 1. The summed E-state index contributed by atoms with van der Waals surface area (Å²) < 4.78 is 25.0. The molecule has 7 nitrogen and oxygen atoms in total. The second kappa shape index (κ2) is 6.09. The van der Waals surface area contributed by atoms with E-state index >= 15 is 0 Å². The molecule has 0 spiro atoms. The number of para-hydroxylation sites is 1. The van der Waals surface area contributed by atoms with E-state index in [0.29, 0.717) is 35.5 Å². The van der Waals surface area contributed by atoms with Crippen LogP contribution in [-0.4, -0.2) is 44.7 Å². The molecule has 0 aromatic heterocycles. The minimum atomic E-state index is -3.35. The third kappa shape index (κ3) is 2.86. The van der Waals surface area contributed by atoms with Crippen molar-refractivity contribution in [2.75, 3.05) is 28.6 Å². The molecule has 0 aliphatic carbocycles. The van der Waals surface area contributed by atoms with Gasteiger partial charge in [-0.2, -0.15) is 0 Å². The maximum absolute atomic E-state index is 13.1. The summed E-state index contributed by atoms with van der Waals surface area (Å²) in [5, 5.41) is 9.46. The second-order valence-corrected chi connectivity index (χ2v) is 8.70. The summed E-state index contributed by atoms with van der Waals surface area (Å²) in [7, 11) is -3.35. The standard InChI is InChI=1S/C19H18N2O5S/c1-27(25,26)21-9-8-12-10-13(6-7-16(12)21)18(22)20-11-15(19(23)24)14-4-2-3-5-17(14)20/h2-7,10,15H,8-9,11H2,1H3,(H,23,24). The minimum Gasteiger partial charge on any atom is -0.481 e. The van der Waals surface area contributed by atoms with Gasteiger partial charge in [0.05, 0.1) is 11.9 Å². The average molecular weight is 386 g/mol. The lowest BCUT2D eigenvalue weighted by Gasteiger charge is -2.19. The van der Waals surface area contributed by atoms with E-state index in [1.165, 1.54) is 9.21 Å². The number of carboxylic acid groups (broad SMARTS) is 1. The number of amides is 1. The number of hydrogen-bond donors (Lipinski definition) is 1. The van der Waals surface area contributed by atoms with Crippen LogP contribution in [0, 0.1) is 0 Å². The molecule has 1 atom stereocenters. The molecule has 8 heteroatoms. The summed E-state index contributed by atoms with van der Waals surface area (Å²) >= 11 is 0. The highest BCUT2D eigenvalue weighted by molar-refractivity contribution is 7.92. The van der Waals surface area contributed by atoms with Crippen LogP contribution in [0.15, 0.2) is 42.5 Å². The third-order valence-corrected chi connectivity index (χ3v) is 6.27. The first-order valence-electron chi connectivity index (χ1n) is 8.51. The number of carbonyl (C=O) groups is 2. The molecule has 0 saturated heterocycles. The summed E-state index contributed by atoms with van der Waals surface area (Å²) in [6, 6.07) is 12.0. The van der Waals surface area contributed by atoms with Gasteiger partial charge >= 0.3 is 5.97 Å². The molecule has 140 valence electrons. The highest BCUT2D eigenvalue weighted by Crippen LogP contribution is 2.38. The van der Waals surface area contributed by atoms with Crippen LogP contribution in [0.5, 0.6) is 0 Å². The van der Waals surface area contributed by atoms with E-state index in [0.717, 1.165) is 11.8 Å². The summed E-state index contributed by atoms with van der Waals surface area (Å²) in [6.45, 7) is 0.444. The van der Waals surface area contributed by atoms with Gasteiger partial charge in [-0.15, -0.1) is 0 Å². The molecular formula is C19H18N2O5S. The number of aliphatic carboxylic acids is 1. The number of anilines is 2. The molecule has 4 rings (SSSR count). The van der Waals surface area contributed by atoms with Crippen molar-refractivity contribution in [2.45, 2.75) is 12.3 Å². The normalized spacial score (nSPS) is 18.3. The second-order valence-electron chi connectivity index (χ2n) is 6.79. The Morgan fingerprint density at radius 1 is 1.11 bits per heavy atom. The average Bonchev–Trinajstić information content (AvgIpc) is 3.22. The van der Waals surface area contributed by atoms with Crippen LogP contribution in [-0.2, 0) is 21.2 Å². The quantitative estimate of drug-likeness (QED) is 0.869. The molecule has 0 bridgehead atoms. The van der Waals surface area contributed by atoms with Crippen LogP contribution in [0.25, 0.3) is 0 Å². The maximum Gasteiger partial charge on any atom is 0.312 e. The Bertz CT molecular complexity index is 1060. The first-order valence-corrected chi connectivity index (χ1v) is 10.4. The molecule has 2 aliphatic heterocycles. The fourth-order valence-corrected chi connectivity index (χ4v) is 4.77. The Morgan fingerprint density at radius 2 is 1.85 bits per heavy atom. The molecule has 2 aliphatic rings. The van der Waals surface area contributed by atoms with Crippen LogP contribution in [0.1, 0.15) is 27.4 Å². The predicted octanol–water partition coefficient (Wildman–Crippen LogP) is 1.84. The number of benzene rings is 2. The number of sulfonamides is 1. The zero-order chi connectivity index (χ0) is 19.3. The molecule has 1 amide bonds. The largest absolute Gasteiger partial charge is 0.481 e. The van der Waals surface area contributed by atoms with Crippen LogP contribution < -0.4 is 9.21 Å². The van der Waals surface area contributed by atoms with E-state index < -0.39 is 21.9 Å². The number of fused-ring (bicyclic) bond motifs is 2. The molecule has 0 radical (unpaired) electrons. The summed E-state index contributed by atoms with van der Waals surface area (Å²) in [4.78, 5) is 26.1. The Kier molecular flexibility index (Phi) is 3.96. The lowest BCUT2D eigenvalue weighted by Crippen LogP contribution is -2.31. The third-order valence-electron chi connectivity index (χ3n) is 5.09. The van der Waals surface area contributed by atoms with Gasteiger partial charge in [0.1, 0.15) is 5.92 Å². The molecule has 27 heavy (non-hydrogen) atoms. The Morgan fingerprint density at radius 3 is 2.56 bits per heavy atom. The van der Waals surface area contributed by atoms with E-state index in [4.69, 9.17) is 0 Å². The Labute approximate surface area is 156 Å². The first-order chi connectivity index (χ1) is 12.8. The van der Waals surface area contributed by atoms with Crippen molar-refractivity contribution < 1.29 is 23.1 Å². The smallest absolute Gasteiger partial charge is 0.312 e. The van der Waals surface area contributed by atoms with Crippen LogP contribution in [0.4, 0.5) is 11.4 Å². The van der Waals surface area contributed by atoms with E-state index in [1.54, 1.807) is 42.5 Å². The SMILES string of the molecule is CS(=O)(=O)N1CCc2cc(C(=O)N3CC(C(=O)O)c4ccccc43)ccc21. The molecule has 2 heterocycles. The monoisotopic (exact) mass is 386 g/mol. The molecule has 0 saturated carbocycles. The fraction of sp³-hybridized carbons (Fsp3) is 0.263. The van der Waals surface area contributed by atoms with Crippen LogP contribution in [0.3, 0.4) is 0 Å². The number of hydrogen-bond acceptors (Lipinski definition) is 4. The molecule has 2 aromatic rings. The zero-order valence-electron chi connectivity index (χ0n) is 14.6. The van der Waals surface area contributed by atoms with Crippen molar-refractivity contribution in [3.63, 3.8) is 0 Å². The minimum absolute atomic E-state index is 0.0834. The summed E-state index contributed by atoms with van der Waals surface area (Å²) in [5.41, 5.74) is 3.05. The predicted molar refractivity (Wildman–Crippen MR) is 101 cm³/mol. The lowest BCUT2D eigenvalue weighted by molar-refractivity contribution is -0.138. The van der Waals surface area contributed by atoms with Gasteiger partial charge in [0.15, 0.2) is 0 Å². The van der Waals surface area contributed by atoms with Crippen molar-refractivity contribution in [3.05, 3.63) is 59.2 Å². The van der Waals surface area contributed by atoms with Gasteiger partial charge < -0.3 is 10.0 Å². The summed E-state index contributed by atoms with van der Waals surface area (Å²) in [6.07, 6.45) is 1.70. The van der Waals surface area contributed by atoms with Crippen LogP contribution >= 0.6 is 0 Å². The summed E-state index contributed by atoms with van der Waals surface area (Å²) in [5.74, 6) is -2.00. The van der Waals surface area contributed by atoms with Crippen molar-refractivity contribution in [2.24, 2.45) is 0 Å². The van der Waals surface area contributed by atoms with Gasteiger partial charge in [-0.1, -0.05) is 18.2 Å². The van der Waals surface area contributed by atoms with Gasteiger partial charge in [0.2, 0.25) is 10.0 Å². The van der Waals surface area contributed by atoms with Crippen molar-refractivity contribution >= 4 is 33.3 Å². The number of nitrogens with zero attached hydrogens (tertiary/aromatic N) is 2. The molecular weight excluding hydrogens is 368 g/mol. The maximum atomic E-state index is 13.1. The van der Waals surface area contributed by atoms with Gasteiger partial charge in [-0.25, -0.2) is 8.42 Å². The Balaban J connectivity index is 1.68. The van der Waals surface area contributed by atoms with Crippen molar-refractivity contribution in [1.82, 2.24) is 0 Å². The van der Waals surface area contributed by atoms with Gasteiger partial charge in [0.25, 0.3) is 5.91 Å². The van der Waals surface area contributed by atoms with Gasteiger partial charge in [-0.05, 0) is 41.8 Å². The van der Waals surface area contributed by atoms with Gasteiger partial charge in [0, 0.05) is 24.3 Å². The topological polar surface area (TPSA) is 95.0 Å². The van der Waals surface area contributed by atoms with E-state index in [-0.39, 0.29) is 12.5 Å². The highest BCUT2D eigenvalue weighted by Gasteiger charge is 2.37. The van der Waals surface area contributed by atoms with E-state index in [1.807, 2.05) is 0 Å². The fourth-order valence-electron chi connectivity index (χ4n) is 3.82. The highest BCUT2D eigenvalue weighted by atomic mass is 32.2. The number of rotatable bonds is 3. The molecule has 1 unspecified atom stereocenters. The van der Waals surface area contributed by atoms with Crippen molar-refractivity contribution in [3.8, 4) is 0 Å². The van der Waals surface area contributed by atoms with E-state index in [2.05, 4.69) is 0 Å². The molecule has 1 N–H and O–H groups in total. The van der Waals surface area contributed by atoms with Crippen molar-refractivity contribution in [1.29, 1.82) is 0 Å². The first kappa shape index (κ1) is 17.5. The number of carboxylic acids is 1. The van der Waals surface area contributed by atoms with E-state index in [9.17, 15) is 23.1 Å².